The molecule has 0 radical (unpaired) electrons. The summed E-state index contributed by atoms with van der Waals surface area (Å²) < 4.78 is 5.13. The molecule has 6 nitrogen and oxygen atoms in total. The zero-order valence-corrected chi connectivity index (χ0v) is 11.7. The van der Waals surface area contributed by atoms with Gasteiger partial charge < -0.3 is 14.7 Å². The smallest absolute Gasteiger partial charge is 0.314 e. The molecule has 0 bridgehead atoms. The highest BCUT2D eigenvalue weighted by Crippen LogP contribution is 2.27. The van der Waals surface area contributed by atoms with Crippen molar-refractivity contribution in [1.29, 1.82) is 0 Å². The first-order valence-corrected chi connectivity index (χ1v) is 6.90. The number of fused-ring (bicyclic) bond motifs is 1. The van der Waals surface area contributed by atoms with E-state index in [1.807, 2.05) is 0 Å². The maximum atomic E-state index is 12.4. The number of thiophene rings is 1. The van der Waals surface area contributed by atoms with Crippen LogP contribution in [-0.2, 0) is 0 Å². The molecule has 0 spiro atoms. The Bertz CT molecular complexity index is 951. The molecule has 106 valence electrons. The summed E-state index contributed by atoms with van der Waals surface area (Å²) in [5.41, 5.74) is -0.191. The van der Waals surface area contributed by atoms with Gasteiger partial charge in [0.1, 0.15) is 10.6 Å². The second-order valence-electron chi connectivity index (χ2n) is 4.32. The number of benzene rings is 1. The maximum Gasteiger partial charge on any atom is 0.314 e. The molecular weight excluding hydrogens is 292 g/mol. The Kier molecular flexibility index (Phi) is 3.19. The molecule has 2 aromatic heterocycles. The van der Waals surface area contributed by atoms with Gasteiger partial charge in [0.15, 0.2) is 0 Å². The molecule has 0 aliphatic rings. The molecule has 0 aliphatic heterocycles. The molecular formula is C14H10N2O4S. The minimum absolute atomic E-state index is 0.198. The highest BCUT2D eigenvalue weighted by Gasteiger charge is 2.16. The SMILES string of the molecule is COc1ccsc1C(=O)c1ccc2[nH]c(=O)c(=O)[nH]c2c1. The third kappa shape index (κ3) is 2.27. The summed E-state index contributed by atoms with van der Waals surface area (Å²) in [6.07, 6.45) is 0. The quantitative estimate of drug-likeness (QED) is 0.567. The van der Waals surface area contributed by atoms with Crippen molar-refractivity contribution in [1.82, 2.24) is 9.97 Å². The van der Waals surface area contributed by atoms with E-state index in [2.05, 4.69) is 9.97 Å². The van der Waals surface area contributed by atoms with Gasteiger partial charge in [-0.25, -0.2) is 0 Å². The van der Waals surface area contributed by atoms with Crippen LogP contribution in [0.3, 0.4) is 0 Å². The fourth-order valence-electron chi connectivity index (χ4n) is 2.01. The maximum absolute atomic E-state index is 12.4. The van der Waals surface area contributed by atoms with Gasteiger partial charge in [0, 0.05) is 5.56 Å². The van der Waals surface area contributed by atoms with E-state index >= 15 is 0 Å². The summed E-state index contributed by atoms with van der Waals surface area (Å²) in [7, 11) is 1.50. The van der Waals surface area contributed by atoms with Crippen molar-refractivity contribution in [2.45, 2.75) is 0 Å². The van der Waals surface area contributed by atoms with Gasteiger partial charge in [-0.05, 0) is 29.6 Å². The van der Waals surface area contributed by atoms with E-state index < -0.39 is 11.1 Å². The zero-order valence-electron chi connectivity index (χ0n) is 10.9. The van der Waals surface area contributed by atoms with E-state index in [1.54, 1.807) is 23.6 Å². The molecule has 21 heavy (non-hydrogen) atoms. The number of hydrogen-bond donors (Lipinski definition) is 2. The fourth-order valence-corrected chi connectivity index (χ4v) is 2.83. The lowest BCUT2D eigenvalue weighted by atomic mass is 10.1. The standard InChI is InChI=1S/C14H10N2O4S/c1-20-10-4-5-21-12(10)11(17)7-2-3-8-9(6-7)16-14(19)13(18)15-8/h2-6H,1H3,(H,15,18)(H,16,19). The predicted octanol–water partition coefficient (Wildman–Crippen LogP) is 1.52. The lowest BCUT2D eigenvalue weighted by molar-refractivity contribution is 0.104. The molecule has 2 heterocycles. The van der Waals surface area contributed by atoms with Crippen LogP contribution in [-0.4, -0.2) is 22.9 Å². The van der Waals surface area contributed by atoms with E-state index in [4.69, 9.17) is 4.74 Å². The average Bonchev–Trinajstić information content (AvgIpc) is 2.95. The summed E-state index contributed by atoms with van der Waals surface area (Å²) in [6.45, 7) is 0. The first kappa shape index (κ1) is 13.3. The topological polar surface area (TPSA) is 92.0 Å². The third-order valence-electron chi connectivity index (χ3n) is 3.04. The van der Waals surface area contributed by atoms with Gasteiger partial charge in [-0.15, -0.1) is 11.3 Å². The first-order chi connectivity index (χ1) is 10.1. The molecule has 0 fully saturated rings. The normalized spacial score (nSPS) is 10.7. The van der Waals surface area contributed by atoms with Gasteiger partial charge in [-0.1, -0.05) is 0 Å². The second-order valence-corrected chi connectivity index (χ2v) is 5.23. The van der Waals surface area contributed by atoms with Crippen LogP contribution in [0.4, 0.5) is 0 Å². The van der Waals surface area contributed by atoms with Crippen molar-refractivity contribution < 1.29 is 9.53 Å². The van der Waals surface area contributed by atoms with Crippen LogP contribution >= 0.6 is 11.3 Å². The molecule has 0 unspecified atom stereocenters. The summed E-state index contributed by atoms with van der Waals surface area (Å²) >= 11 is 1.28. The molecule has 2 N–H and O–H groups in total. The van der Waals surface area contributed by atoms with Gasteiger partial charge in [-0.3, -0.25) is 14.4 Å². The number of H-pyrrole nitrogens is 2. The van der Waals surface area contributed by atoms with E-state index in [9.17, 15) is 14.4 Å². The Morgan fingerprint density at radius 3 is 2.52 bits per heavy atom. The van der Waals surface area contributed by atoms with Gasteiger partial charge in [-0.2, -0.15) is 0 Å². The van der Waals surface area contributed by atoms with Crippen LogP contribution in [0.25, 0.3) is 11.0 Å². The highest BCUT2D eigenvalue weighted by molar-refractivity contribution is 7.12. The highest BCUT2D eigenvalue weighted by atomic mass is 32.1. The Morgan fingerprint density at radius 1 is 1.10 bits per heavy atom. The largest absolute Gasteiger partial charge is 0.495 e. The molecule has 3 aromatic rings. The predicted molar refractivity (Wildman–Crippen MR) is 79.5 cm³/mol. The Hall–Kier alpha value is -2.67. The Balaban J connectivity index is 2.13. The average molecular weight is 302 g/mol. The number of aromatic nitrogens is 2. The number of aromatic amines is 2. The van der Waals surface area contributed by atoms with Crippen LogP contribution in [0.5, 0.6) is 5.75 Å². The van der Waals surface area contributed by atoms with Gasteiger partial charge in [0.05, 0.1) is 18.1 Å². The molecule has 1 aromatic carbocycles. The van der Waals surface area contributed by atoms with Crippen LogP contribution in [0.15, 0.2) is 39.2 Å². The van der Waals surface area contributed by atoms with E-state index in [-0.39, 0.29) is 5.78 Å². The van der Waals surface area contributed by atoms with Crippen LogP contribution in [0, 0.1) is 0 Å². The number of carbonyl (C=O) groups is 1. The van der Waals surface area contributed by atoms with Crippen LogP contribution in [0.1, 0.15) is 15.2 Å². The molecule has 7 heteroatoms. The Morgan fingerprint density at radius 2 is 1.81 bits per heavy atom. The summed E-state index contributed by atoms with van der Waals surface area (Å²) in [4.78, 5) is 40.4. The van der Waals surface area contributed by atoms with Crippen molar-refractivity contribution in [3.05, 3.63) is 60.8 Å². The number of methoxy groups -OCH3 is 1. The van der Waals surface area contributed by atoms with E-state index in [0.29, 0.717) is 27.2 Å². The minimum Gasteiger partial charge on any atom is -0.495 e. The van der Waals surface area contributed by atoms with Gasteiger partial charge in [0.25, 0.3) is 0 Å². The van der Waals surface area contributed by atoms with Crippen molar-refractivity contribution >= 4 is 28.2 Å². The molecule has 0 atom stereocenters. The molecule has 0 amide bonds. The summed E-state index contributed by atoms with van der Waals surface area (Å²) in [6, 6.07) is 6.44. The number of ether oxygens (including phenoxy) is 1. The number of carbonyl (C=O) groups excluding carboxylic acids is 1. The number of rotatable bonds is 3. The molecule has 0 saturated heterocycles. The van der Waals surface area contributed by atoms with Crippen molar-refractivity contribution in [3.8, 4) is 5.75 Å². The third-order valence-corrected chi connectivity index (χ3v) is 3.93. The van der Waals surface area contributed by atoms with Crippen molar-refractivity contribution in [3.63, 3.8) is 0 Å². The lowest BCUT2D eigenvalue weighted by Crippen LogP contribution is -2.28. The fraction of sp³-hybridized carbons (Fsp3) is 0.0714. The summed E-state index contributed by atoms with van der Waals surface area (Å²) in [5, 5.41) is 1.77. The minimum atomic E-state index is -0.749. The molecule has 0 aliphatic carbocycles. The van der Waals surface area contributed by atoms with Crippen LogP contribution < -0.4 is 15.9 Å². The molecule has 0 saturated carbocycles. The van der Waals surface area contributed by atoms with E-state index in [0.717, 1.165) is 0 Å². The van der Waals surface area contributed by atoms with Gasteiger partial charge in [0.2, 0.25) is 5.78 Å². The molecule has 3 rings (SSSR count). The number of hydrogen-bond acceptors (Lipinski definition) is 5. The first-order valence-electron chi connectivity index (χ1n) is 6.02. The van der Waals surface area contributed by atoms with Crippen molar-refractivity contribution in [2.24, 2.45) is 0 Å². The summed E-state index contributed by atoms with van der Waals surface area (Å²) in [5.74, 6) is 0.316. The Labute approximate surface area is 122 Å². The van der Waals surface area contributed by atoms with E-state index in [1.165, 1.54) is 24.5 Å². The number of nitrogens with one attached hydrogen (secondary N) is 2. The van der Waals surface area contributed by atoms with Crippen LogP contribution in [0.2, 0.25) is 0 Å². The van der Waals surface area contributed by atoms with Gasteiger partial charge >= 0.3 is 11.1 Å². The zero-order chi connectivity index (χ0) is 15.0. The monoisotopic (exact) mass is 302 g/mol. The number of ketones is 1. The second kappa shape index (κ2) is 5.02. The lowest BCUT2D eigenvalue weighted by Gasteiger charge is -2.03. The van der Waals surface area contributed by atoms with Crippen molar-refractivity contribution in [2.75, 3.05) is 7.11 Å².